The van der Waals surface area contributed by atoms with Crippen LogP contribution in [-0.2, 0) is 9.59 Å². The molecule has 0 aliphatic heterocycles. The van der Waals surface area contributed by atoms with Crippen LogP contribution >= 0.6 is 0 Å². The number of aliphatic hydroxyl groups excluding tert-OH is 1. The second-order valence-corrected chi connectivity index (χ2v) is 3.90. The van der Waals surface area contributed by atoms with Gasteiger partial charge in [-0.3, -0.25) is 14.4 Å². The second kappa shape index (κ2) is 3.97. The summed E-state index contributed by atoms with van der Waals surface area (Å²) in [6.45, 7) is 1.27. The average molecular weight is 230 g/mol. The molecule has 0 amide bonds. The lowest BCUT2D eigenvalue weighted by molar-refractivity contribution is -0.123. The first-order chi connectivity index (χ1) is 8.02. The van der Waals surface area contributed by atoms with E-state index in [4.69, 9.17) is 0 Å². The summed E-state index contributed by atoms with van der Waals surface area (Å²) >= 11 is 0. The molecule has 0 fully saturated rings. The van der Waals surface area contributed by atoms with E-state index in [1.165, 1.54) is 6.92 Å². The molecule has 0 saturated heterocycles. The van der Waals surface area contributed by atoms with Gasteiger partial charge in [0.05, 0.1) is 6.42 Å². The van der Waals surface area contributed by atoms with Crippen molar-refractivity contribution in [1.29, 1.82) is 0 Å². The maximum atomic E-state index is 11.9. The number of allylic oxidation sites excluding steroid dienone is 1. The molecule has 17 heavy (non-hydrogen) atoms. The summed E-state index contributed by atoms with van der Waals surface area (Å²) in [6, 6.07) is 6.43. The zero-order chi connectivity index (χ0) is 12.6. The molecule has 1 aromatic rings. The van der Waals surface area contributed by atoms with Crippen molar-refractivity contribution in [2.45, 2.75) is 13.3 Å². The first-order valence-corrected chi connectivity index (χ1v) is 5.12. The highest BCUT2D eigenvalue weighted by Gasteiger charge is 2.33. The van der Waals surface area contributed by atoms with Crippen LogP contribution in [0.4, 0.5) is 0 Å². The van der Waals surface area contributed by atoms with E-state index in [0.717, 1.165) is 0 Å². The fourth-order valence-corrected chi connectivity index (χ4v) is 1.84. The Morgan fingerprint density at radius 1 is 1.18 bits per heavy atom. The fraction of sp³-hybridized carbons (Fsp3) is 0.154. The summed E-state index contributed by atoms with van der Waals surface area (Å²) in [7, 11) is 0. The van der Waals surface area contributed by atoms with Gasteiger partial charge in [0, 0.05) is 11.1 Å². The van der Waals surface area contributed by atoms with E-state index in [1.54, 1.807) is 24.3 Å². The molecule has 1 aromatic carbocycles. The van der Waals surface area contributed by atoms with Crippen LogP contribution in [0.5, 0.6) is 0 Å². The summed E-state index contributed by atoms with van der Waals surface area (Å²) in [6.07, 6.45) is -0.362. The summed E-state index contributed by atoms with van der Waals surface area (Å²) in [5.74, 6) is -1.79. The Labute approximate surface area is 97.6 Å². The maximum absolute atomic E-state index is 11.9. The molecule has 0 saturated carbocycles. The Balaban J connectivity index is 2.45. The van der Waals surface area contributed by atoms with Gasteiger partial charge in [-0.15, -0.1) is 0 Å². The third-order valence-corrected chi connectivity index (χ3v) is 2.58. The largest absolute Gasteiger partial charge is 0.506 e. The number of benzene rings is 1. The molecule has 0 aromatic heterocycles. The minimum Gasteiger partial charge on any atom is -0.506 e. The molecule has 4 heteroatoms. The Kier molecular flexibility index (Phi) is 2.63. The standard InChI is InChI=1S/C13H10O4/c1-7(14)6-10(15)11-12(16)8-4-2-3-5-9(8)13(11)17/h2-5,16H,6H2,1H3. The lowest BCUT2D eigenvalue weighted by atomic mass is 10.0. The molecule has 4 nitrogen and oxygen atoms in total. The van der Waals surface area contributed by atoms with Crippen LogP contribution in [-0.4, -0.2) is 22.5 Å². The summed E-state index contributed by atoms with van der Waals surface area (Å²) < 4.78 is 0. The number of fused-ring (bicyclic) bond motifs is 1. The molecule has 2 rings (SSSR count). The van der Waals surface area contributed by atoms with Crippen LogP contribution in [0, 0.1) is 0 Å². The Morgan fingerprint density at radius 3 is 2.29 bits per heavy atom. The predicted octanol–water partition coefficient (Wildman–Crippen LogP) is 1.70. The predicted molar refractivity (Wildman–Crippen MR) is 60.6 cm³/mol. The highest BCUT2D eigenvalue weighted by atomic mass is 16.3. The van der Waals surface area contributed by atoms with Crippen molar-refractivity contribution in [2.75, 3.05) is 0 Å². The molecule has 0 radical (unpaired) electrons. The van der Waals surface area contributed by atoms with Crippen molar-refractivity contribution in [3.63, 3.8) is 0 Å². The molecule has 0 heterocycles. The molecule has 0 spiro atoms. The van der Waals surface area contributed by atoms with E-state index in [2.05, 4.69) is 0 Å². The Bertz CT molecular complexity index is 567. The monoisotopic (exact) mass is 230 g/mol. The molecular weight excluding hydrogens is 220 g/mol. The molecule has 1 aliphatic carbocycles. The smallest absolute Gasteiger partial charge is 0.201 e. The summed E-state index contributed by atoms with van der Waals surface area (Å²) in [5.41, 5.74) is 0.378. The van der Waals surface area contributed by atoms with Crippen LogP contribution in [0.1, 0.15) is 29.3 Å². The van der Waals surface area contributed by atoms with Crippen LogP contribution in [0.2, 0.25) is 0 Å². The van der Waals surface area contributed by atoms with E-state index >= 15 is 0 Å². The molecule has 1 aliphatic rings. The highest BCUT2D eigenvalue weighted by molar-refractivity contribution is 6.35. The van der Waals surface area contributed by atoms with Gasteiger partial charge in [0.25, 0.3) is 0 Å². The van der Waals surface area contributed by atoms with Crippen molar-refractivity contribution < 1.29 is 19.5 Å². The minimum atomic E-state index is -0.629. The van der Waals surface area contributed by atoms with Crippen LogP contribution in [0.15, 0.2) is 29.8 Å². The number of ketones is 3. The first kappa shape index (κ1) is 11.3. The zero-order valence-electron chi connectivity index (χ0n) is 9.19. The number of carbonyl (C=O) groups is 3. The van der Waals surface area contributed by atoms with Gasteiger partial charge in [-0.25, -0.2) is 0 Å². The van der Waals surface area contributed by atoms with Gasteiger partial charge in [0.2, 0.25) is 5.78 Å². The number of carbonyl (C=O) groups excluding carboxylic acids is 3. The molecular formula is C13H10O4. The normalized spacial score (nSPS) is 13.8. The van der Waals surface area contributed by atoms with Crippen molar-refractivity contribution in [3.8, 4) is 0 Å². The average Bonchev–Trinajstić information content (AvgIpc) is 2.51. The van der Waals surface area contributed by atoms with Gasteiger partial charge in [-0.1, -0.05) is 24.3 Å². The van der Waals surface area contributed by atoms with E-state index in [1.807, 2.05) is 0 Å². The second-order valence-electron chi connectivity index (χ2n) is 3.90. The third-order valence-electron chi connectivity index (χ3n) is 2.58. The Morgan fingerprint density at radius 2 is 1.76 bits per heavy atom. The molecule has 1 N–H and O–H groups in total. The molecule has 0 bridgehead atoms. The van der Waals surface area contributed by atoms with Gasteiger partial charge in [0.15, 0.2) is 5.78 Å². The lowest BCUT2D eigenvalue weighted by Gasteiger charge is -1.98. The minimum absolute atomic E-state index is 0.276. The van der Waals surface area contributed by atoms with E-state index < -0.39 is 11.6 Å². The van der Waals surface area contributed by atoms with E-state index in [-0.39, 0.29) is 23.5 Å². The van der Waals surface area contributed by atoms with Gasteiger partial charge in [0.1, 0.15) is 17.1 Å². The summed E-state index contributed by atoms with van der Waals surface area (Å²) in [5, 5.41) is 9.82. The van der Waals surface area contributed by atoms with Gasteiger partial charge in [-0.2, -0.15) is 0 Å². The van der Waals surface area contributed by atoms with Crippen molar-refractivity contribution in [1.82, 2.24) is 0 Å². The molecule has 86 valence electrons. The number of hydrogen-bond donors (Lipinski definition) is 1. The van der Waals surface area contributed by atoms with Crippen LogP contribution in [0.25, 0.3) is 5.76 Å². The maximum Gasteiger partial charge on any atom is 0.201 e. The van der Waals surface area contributed by atoms with Crippen LogP contribution < -0.4 is 0 Å². The van der Waals surface area contributed by atoms with Crippen LogP contribution in [0.3, 0.4) is 0 Å². The SMILES string of the molecule is CC(=O)CC(=O)C1=C(O)c2ccccc2C1=O. The quantitative estimate of drug-likeness (QED) is 0.633. The van der Waals surface area contributed by atoms with Gasteiger partial charge < -0.3 is 5.11 Å². The number of hydrogen-bond acceptors (Lipinski definition) is 4. The lowest BCUT2D eigenvalue weighted by Crippen LogP contribution is -2.13. The summed E-state index contributed by atoms with van der Waals surface area (Å²) in [4.78, 5) is 34.4. The fourth-order valence-electron chi connectivity index (χ4n) is 1.84. The zero-order valence-corrected chi connectivity index (χ0v) is 9.19. The van der Waals surface area contributed by atoms with E-state index in [0.29, 0.717) is 11.1 Å². The molecule has 0 unspecified atom stereocenters. The molecule has 0 atom stereocenters. The number of rotatable bonds is 3. The van der Waals surface area contributed by atoms with Crippen molar-refractivity contribution >= 4 is 23.1 Å². The number of Topliss-reactive ketones (excluding diaryl/α,β-unsaturated/α-hetero) is 3. The van der Waals surface area contributed by atoms with Crippen molar-refractivity contribution in [3.05, 3.63) is 41.0 Å². The van der Waals surface area contributed by atoms with Gasteiger partial charge >= 0.3 is 0 Å². The number of aliphatic hydroxyl groups is 1. The van der Waals surface area contributed by atoms with Crippen molar-refractivity contribution in [2.24, 2.45) is 0 Å². The first-order valence-electron chi connectivity index (χ1n) is 5.12. The van der Waals surface area contributed by atoms with E-state index in [9.17, 15) is 19.5 Å². The third kappa shape index (κ3) is 1.78. The Hall–Kier alpha value is -2.23. The topological polar surface area (TPSA) is 71.4 Å². The highest BCUT2D eigenvalue weighted by Crippen LogP contribution is 2.31. The van der Waals surface area contributed by atoms with Gasteiger partial charge in [-0.05, 0) is 6.92 Å².